The SMILES string of the molecule is Cc1c(Cl)c(COC(=O)c2ccc(-n3cnnn3)cc2)nc2ccccc12. The van der Waals surface area contributed by atoms with Crippen molar-refractivity contribution in [2.24, 2.45) is 0 Å². The highest BCUT2D eigenvalue weighted by Gasteiger charge is 2.13. The van der Waals surface area contributed by atoms with Gasteiger partial charge in [-0.3, -0.25) is 0 Å². The van der Waals surface area contributed by atoms with Gasteiger partial charge in [-0.2, -0.15) is 0 Å². The summed E-state index contributed by atoms with van der Waals surface area (Å²) in [6.45, 7) is 1.92. The van der Waals surface area contributed by atoms with Crippen LogP contribution in [0.1, 0.15) is 21.6 Å². The van der Waals surface area contributed by atoms with Crippen LogP contribution < -0.4 is 0 Å². The van der Waals surface area contributed by atoms with E-state index in [1.807, 2.05) is 31.2 Å². The van der Waals surface area contributed by atoms with Crippen molar-refractivity contribution >= 4 is 28.5 Å². The van der Waals surface area contributed by atoms with Crippen molar-refractivity contribution in [3.05, 3.63) is 76.7 Å². The van der Waals surface area contributed by atoms with Gasteiger partial charge < -0.3 is 4.74 Å². The van der Waals surface area contributed by atoms with Gasteiger partial charge in [0.05, 0.1) is 27.5 Å². The first kappa shape index (κ1) is 17.1. The van der Waals surface area contributed by atoms with E-state index in [4.69, 9.17) is 16.3 Å². The number of ether oxygens (including phenoxy) is 1. The van der Waals surface area contributed by atoms with E-state index >= 15 is 0 Å². The van der Waals surface area contributed by atoms with Crippen LogP contribution in [0, 0.1) is 6.92 Å². The summed E-state index contributed by atoms with van der Waals surface area (Å²) >= 11 is 6.40. The molecular formula is C19H14ClN5O2. The normalized spacial score (nSPS) is 10.9. The van der Waals surface area contributed by atoms with E-state index in [0.717, 1.165) is 22.2 Å². The Bertz CT molecular complexity index is 1110. The second kappa shape index (κ2) is 7.13. The number of hydrogen-bond acceptors (Lipinski definition) is 6. The minimum Gasteiger partial charge on any atom is -0.456 e. The van der Waals surface area contributed by atoms with Crippen molar-refractivity contribution in [2.75, 3.05) is 0 Å². The van der Waals surface area contributed by atoms with Gasteiger partial charge in [0.15, 0.2) is 0 Å². The topological polar surface area (TPSA) is 82.8 Å². The summed E-state index contributed by atoms with van der Waals surface area (Å²) in [4.78, 5) is 16.8. The van der Waals surface area contributed by atoms with Crippen LogP contribution in [0.3, 0.4) is 0 Å². The first-order chi connectivity index (χ1) is 13.1. The number of carbonyl (C=O) groups excluding carboxylic acids is 1. The van der Waals surface area contributed by atoms with Gasteiger partial charge in [0.2, 0.25) is 0 Å². The molecule has 134 valence electrons. The van der Waals surface area contributed by atoms with Gasteiger partial charge in [0, 0.05) is 5.39 Å². The Labute approximate surface area is 159 Å². The number of rotatable bonds is 4. The first-order valence-electron chi connectivity index (χ1n) is 8.18. The number of tetrazole rings is 1. The summed E-state index contributed by atoms with van der Waals surface area (Å²) in [5.74, 6) is -0.457. The van der Waals surface area contributed by atoms with Crippen LogP contribution in [0.25, 0.3) is 16.6 Å². The Balaban J connectivity index is 1.51. The Kier molecular flexibility index (Phi) is 4.52. The third-order valence-electron chi connectivity index (χ3n) is 4.20. The van der Waals surface area contributed by atoms with Crippen LogP contribution in [0.2, 0.25) is 5.02 Å². The molecule has 0 atom stereocenters. The van der Waals surface area contributed by atoms with Gasteiger partial charge in [0.1, 0.15) is 12.9 Å². The number of aromatic nitrogens is 5. The quantitative estimate of drug-likeness (QED) is 0.504. The Hall–Kier alpha value is -3.32. The second-order valence-corrected chi connectivity index (χ2v) is 6.27. The van der Waals surface area contributed by atoms with Crippen LogP contribution in [0.5, 0.6) is 0 Å². The van der Waals surface area contributed by atoms with Crippen molar-refractivity contribution in [2.45, 2.75) is 13.5 Å². The second-order valence-electron chi connectivity index (χ2n) is 5.89. The van der Waals surface area contributed by atoms with Crippen LogP contribution in [0.15, 0.2) is 54.9 Å². The standard InChI is InChI=1S/C19H14ClN5O2/c1-12-15-4-2-3-5-16(15)22-17(18(12)20)10-27-19(26)13-6-8-14(9-7-13)25-11-21-23-24-25/h2-9,11H,10H2,1H3. The third-order valence-corrected chi connectivity index (χ3v) is 4.70. The molecule has 0 aliphatic rings. The number of esters is 1. The van der Waals surface area contributed by atoms with Gasteiger partial charge in [0.25, 0.3) is 0 Å². The number of benzene rings is 2. The van der Waals surface area contributed by atoms with E-state index in [9.17, 15) is 4.79 Å². The molecule has 7 nitrogen and oxygen atoms in total. The average Bonchev–Trinajstić information content (AvgIpc) is 3.24. The molecule has 0 aliphatic heterocycles. The minimum atomic E-state index is -0.457. The van der Waals surface area contributed by atoms with Crippen molar-refractivity contribution in [3.63, 3.8) is 0 Å². The zero-order valence-electron chi connectivity index (χ0n) is 14.3. The number of carbonyl (C=O) groups is 1. The van der Waals surface area contributed by atoms with E-state index in [1.54, 1.807) is 24.3 Å². The summed E-state index contributed by atoms with van der Waals surface area (Å²) in [6, 6.07) is 14.5. The monoisotopic (exact) mass is 379 g/mol. The van der Waals surface area contributed by atoms with Crippen LogP contribution in [-0.2, 0) is 11.3 Å². The molecule has 4 aromatic rings. The van der Waals surface area contributed by atoms with Crippen LogP contribution in [-0.4, -0.2) is 31.2 Å². The highest BCUT2D eigenvalue weighted by Crippen LogP contribution is 2.27. The molecule has 2 aromatic carbocycles. The predicted octanol–water partition coefficient (Wildman–Crippen LogP) is 3.53. The van der Waals surface area contributed by atoms with Crippen molar-refractivity contribution in [1.29, 1.82) is 0 Å². The number of aryl methyl sites for hydroxylation is 1. The molecule has 2 aromatic heterocycles. The third kappa shape index (κ3) is 3.37. The minimum absolute atomic E-state index is 0.00190. The molecule has 0 N–H and O–H groups in total. The molecule has 0 aliphatic carbocycles. The molecular weight excluding hydrogens is 366 g/mol. The van der Waals surface area contributed by atoms with Gasteiger partial charge in [-0.25, -0.2) is 14.5 Å². The molecule has 0 bridgehead atoms. The number of pyridine rings is 1. The molecule has 0 fully saturated rings. The van der Waals surface area contributed by atoms with Gasteiger partial charge in [-0.1, -0.05) is 29.8 Å². The zero-order valence-corrected chi connectivity index (χ0v) is 15.1. The fraction of sp³-hybridized carbons (Fsp3) is 0.105. The lowest BCUT2D eigenvalue weighted by Gasteiger charge is -2.11. The molecule has 2 heterocycles. The molecule has 8 heteroatoms. The summed E-state index contributed by atoms with van der Waals surface area (Å²) in [7, 11) is 0. The van der Waals surface area contributed by atoms with E-state index in [2.05, 4.69) is 20.5 Å². The fourth-order valence-electron chi connectivity index (χ4n) is 2.76. The molecule has 0 unspecified atom stereocenters. The lowest BCUT2D eigenvalue weighted by molar-refractivity contribution is 0.0468. The van der Waals surface area contributed by atoms with Crippen molar-refractivity contribution in [3.8, 4) is 5.69 Å². The molecule has 4 rings (SSSR count). The van der Waals surface area contributed by atoms with E-state index in [0.29, 0.717) is 16.3 Å². The summed E-state index contributed by atoms with van der Waals surface area (Å²) < 4.78 is 6.89. The maximum absolute atomic E-state index is 12.3. The molecule has 0 amide bonds. The highest BCUT2D eigenvalue weighted by atomic mass is 35.5. The summed E-state index contributed by atoms with van der Waals surface area (Å²) in [6.07, 6.45) is 1.48. The summed E-state index contributed by atoms with van der Waals surface area (Å²) in [5.41, 5.74) is 3.42. The Morgan fingerprint density at radius 2 is 1.93 bits per heavy atom. The summed E-state index contributed by atoms with van der Waals surface area (Å²) in [5, 5.41) is 12.4. The maximum Gasteiger partial charge on any atom is 0.338 e. The Morgan fingerprint density at radius 1 is 1.15 bits per heavy atom. The average molecular weight is 380 g/mol. The number of nitrogens with zero attached hydrogens (tertiary/aromatic N) is 5. The van der Waals surface area contributed by atoms with Crippen molar-refractivity contribution in [1.82, 2.24) is 25.2 Å². The van der Waals surface area contributed by atoms with Gasteiger partial charge >= 0.3 is 5.97 Å². The van der Waals surface area contributed by atoms with Crippen LogP contribution >= 0.6 is 11.6 Å². The van der Waals surface area contributed by atoms with E-state index in [-0.39, 0.29) is 6.61 Å². The maximum atomic E-state index is 12.3. The number of halogens is 1. The molecule has 0 spiro atoms. The largest absolute Gasteiger partial charge is 0.456 e. The number of fused-ring (bicyclic) bond motifs is 1. The van der Waals surface area contributed by atoms with Gasteiger partial charge in [-0.05, 0) is 53.2 Å². The first-order valence-corrected chi connectivity index (χ1v) is 8.55. The van der Waals surface area contributed by atoms with Crippen LogP contribution in [0.4, 0.5) is 0 Å². The Morgan fingerprint density at radius 3 is 2.67 bits per heavy atom. The smallest absolute Gasteiger partial charge is 0.338 e. The highest BCUT2D eigenvalue weighted by molar-refractivity contribution is 6.32. The molecule has 0 saturated heterocycles. The molecule has 0 saturated carbocycles. The lowest BCUT2D eigenvalue weighted by Crippen LogP contribution is -2.07. The van der Waals surface area contributed by atoms with Gasteiger partial charge in [-0.15, -0.1) is 5.10 Å². The molecule has 0 radical (unpaired) electrons. The van der Waals surface area contributed by atoms with E-state index < -0.39 is 5.97 Å². The lowest BCUT2D eigenvalue weighted by atomic mass is 10.1. The predicted molar refractivity (Wildman–Crippen MR) is 99.8 cm³/mol. The zero-order chi connectivity index (χ0) is 18.8. The number of hydrogen-bond donors (Lipinski definition) is 0. The molecule has 27 heavy (non-hydrogen) atoms. The fourth-order valence-corrected chi connectivity index (χ4v) is 2.96. The number of para-hydroxylation sites is 1. The van der Waals surface area contributed by atoms with E-state index in [1.165, 1.54) is 11.0 Å². The van der Waals surface area contributed by atoms with Crippen molar-refractivity contribution < 1.29 is 9.53 Å².